The number of hydrogen-bond acceptors (Lipinski definition) is 7. The number of carbonyl (C=O) groups is 2. The average molecular weight is 565 g/mol. The largest absolute Gasteiger partial charge is 0.351 e. The third kappa shape index (κ3) is 6.15. The van der Waals surface area contributed by atoms with Crippen LogP contribution in [0.25, 0.3) is 10.9 Å². The second kappa shape index (κ2) is 10.3. The Morgan fingerprint density at radius 1 is 1.16 bits per heavy atom. The van der Waals surface area contributed by atoms with E-state index in [2.05, 4.69) is 30.2 Å². The van der Waals surface area contributed by atoms with Crippen molar-refractivity contribution >= 4 is 55.7 Å². The van der Waals surface area contributed by atoms with Crippen molar-refractivity contribution in [3.63, 3.8) is 0 Å². The fourth-order valence-corrected chi connectivity index (χ4v) is 7.13. The number of sulfonamides is 1. The van der Waals surface area contributed by atoms with Crippen LogP contribution in [-0.2, 0) is 23.0 Å². The molecule has 2 aliphatic rings. The summed E-state index contributed by atoms with van der Waals surface area (Å²) >= 11 is 7.45. The van der Waals surface area contributed by atoms with Crippen LogP contribution in [0.5, 0.6) is 0 Å². The van der Waals surface area contributed by atoms with Gasteiger partial charge in [-0.2, -0.15) is 0 Å². The minimum atomic E-state index is -3.42. The molecule has 5 rings (SSSR count). The average Bonchev–Trinajstić information content (AvgIpc) is 3.43. The normalized spacial score (nSPS) is 22.5. The summed E-state index contributed by atoms with van der Waals surface area (Å²) in [6, 6.07) is 5.86. The van der Waals surface area contributed by atoms with Crippen molar-refractivity contribution in [3.8, 4) is 0 Å². The second-order valence-corrected chi connectivity index (χ2v) is 13.2. The molecule has 10 nitrogen and oxygen atoms in total. The smallest absolute Gasteiger partial charge is 0.280 e. The Morgan fingerprint density at radius 2 is 1.95 bits per heavy atom. The molecule has 4 N–H and O–H groups in total. The molecule has 3 heterocycles. The zero-order valence-corrected chi connectivity index (χ0v) is 22.9. The van der Waals surface area contributed by atoms with Gasteiger partial charge in [-0.15, -0.1) is 11.3 Å². The molecule has 0 bridgehead atoms. The number of hydrogen-bond donors (Lipinski definition) is 4. The Hall–Kier alpha value is -2.51. The van der Waals surface area contributed by atoms with Crippen molar-refractivity contribution < 1.29 is 18.0 Å². The van der Waals surface area contributed by atoms with Crippen LogP contribution in [0.1, 0.15) is 50.1 Å². The molecular weight excluding hydrogens is 536 g/mol. The molecule has 1 fully saturated rings. The monoisotopic (exact) mass is 564 g/mol. The van der Waals surface area contributed by atoms with Crippen molar-refractivity contribution in [1.82, 2.24) is 30.2 Å². The third-order valence-corrected chi connectivity index (χ3v) is 8.89. The van der Waals surface area contributed by atoms with Gasteiger partial charge in [-0.05, 0) is 50.6 Å². The van der Waals surface area contributed by atoms with Gasteiger partial charge in [0.2, 0.25) is 10.0 Å². The first-order valence-corrected chi connectivity index (χ1v) is 15.2. The van der Waals surface area contributed by atoms with Gasteiger partial charge >= 0.3 is 0 Å². The van der Waals surface area contributed by atoms with Crippen LogP contribution in [-0.4, -0.2) is 73.1 Å². The molecular formula is C24H29ClN6O4S2. The summed E-state index contributed by atoms with van der Waals surface area (Å²) in [5.74, 6) is -0.620. The molecule has 0 radical (unpaired) electrons. The minimum Gasteiger partial charge on any atom is -0.351 e. The molecule has 13 heteroatoms. The van der Waals surface area contributed by atoms with Crippen molar-refractivity contribution in [2.75, 3.05) is 19.8 Å². The highest BCUT2D eigenvalue weighted by Crippen LogP contribution is 2.26. The zero-order valence-electron chi connectivity index (χ0n) is 20.5. The molecule has 2 aromatic heterocycles. The van der Waals surface area contributed by atoms with E-state index in [4.69, 9.17) is 11.6 Å². The number of likely N-dealkylation sites (N-methyl/N-ethyl adjacent to an activating group) is 1. The molecule has 37 heavy (non-hydrogen) atoms. The van der Waals surface area contributed by atoms with Gasteiger partial charge in [0.15, 0.2) is 5.01 Å². The van der Waals surface area contributed by atoms with E-state index in [0.29, 0.717) is 35.0 Å². The van der Waals surface area contributed by atoms with Gasteiger partial charge in [0.05, 0.1) is 18.0 Å². The maximum Gasteiger partial charge on any atom is 0.280 e. The standard InChI is InChI=1S/C24H29ClN6O4S2/c1-31-8-7-18-21(12-31)36-24(29-18)23(33)28-19-11-15(30-37(2,34)35)4-6-17(19)27-22(32)20-10-13-9-14(25)3-5-16(13)26-20/h3,5,9-10,15,17,19,26,30H,4,6-8,11-12H2,1-2H3,(H,27,32)(H,28,33). The van der Waals surface area contributed by atoms with Crippen LogP contribution in [0.15, 0.2) is 24.3 Å². The Kier molecular flexibility index (Phi) is 7.29. The van der Waals surface area contributed by atoms with E-state index < -0.39 is 16.1 Å². The molecule has 0 saturated heterocycles. The van der Waals surface area contributed by atoms with Crippen LogP contribution < -0.4 is 15.4 Å². The number of nitrogens with one attached hydrogen (secondary N) is 4. The van der Waals surface area contributed by atoms with Crippen LogP contribution in [0.2, 0.25) is 5.02 Å². The number of halogens is 1. The van der Waals surface area contributed by atoms with Crippen LogP contribution in [0.4, 0.5) is 0 Å². The summed E-state index contributed by atoms with van der Waals surface area (Å²) in [6.45, 7) is 1.66. The van der Waals surface area contributed by atoms with Gasteiger partial charge in [-0.25, -0.2) is 18.1 Å². The lowest BCUT2D eigenvalue weighted by Gasteiger charge is -2.36. The maximum absolute atomic E-state index is 13.2. The van der Waals surface area contributed by atoms with Crippen molar-refractivity contribution in [3.05, 3.63) is 50.6 Å². The highest BCUT2D eigenvalue weighted by Gasteiger charge is 2.35. The van der Waals surface area contributed by atoms with E-state index in [1.807, 2.05) is 13.1 Å². The predicted octanol–water partition coefficient (Wildman–Crippen LogP) is 2.26. The molecule has 3 aromatic rings. The van der Waals surface area contributed by atoms with Crippen molar-refractivity contribution in [2.24, 2.45) is 0 Å². The highest BCUT2D eigenvalue weighted by molar-refractivity contribution is 7.88. The molecule has 3 unspecified atom stereocenters. The quantitative estimate of drug-likeness (QED) is 0.362. The number of rotatable bonds is 6. The predicted molar refractivity (Wildman–Crippen MR) is 144 cm³/mol. The number of aromatic nitrogens is 2. The fraction of sp³-hybridized carbons (Fsp3) is 0.458. The van der Waals surface area contributed by atoms with Crippen LogP contribution in [0.3, 0.4) is 0 Å². The Balaban J connectivity index is 1.33. The van der Waals surface area contributed by atoms with E-state index in [0.717, 1.165) is 47.2 Å². The van der Waals surface area contributed by atoms with Gasteiger partial charge in [0, 0.05) is 52.4 Å². The Morgan fingerprint density at radius 3 is 2.73 bits per heavy atom. The molecule has 1 saturated carbocycles. The minimum absolute atomic E-state index is 0.307. The first-order chi connectivity index (χ1) is 17.5. The van der Waals surface area contributed by atoms with Gasteiger partial charge in [-0.3, -0.25) is 9.59 Å². The first kappa shape index (κ1) is 26.1. The summed E-state index contributed by atoms with van der Waals surface area (Å²) in [7, 11) is -1.38. The first-order valence-electron chi connectivity index (χ1n) is 12.1. The van der Waals surface area contributed by atoms with E-state index in [1.54, 1.807) is 18.2 Å². The van der Waals surface area contributed by atoms with Crippen LogP contribution >= 0.6 is 22.9 Å². The van der Waals surface area contributed by atoms with E-state index >= 15 is 0 Å². The lowest BCUT2D eigenvalue weighted by molar-refractivity contribution is 0.0853. The Bertz CT molecular complexity index is 1450. The summed E-state index contributed by atoms with van der Waals surface area (Å²) in [5.41, 5.74) is 2.13. The molecule has 3 atom stereocenters. The van der Waals surface area contributed by atoms with E-state index in [9.17, 15) is 18.0 Å². The highest BCUT2D eigenvalue weighted by atomic mass is 35.5. The topological polar surface area (TPSA) is 136 Å². The lowest BCUT2D eigenvalue weighted by atomic mass is 9.87. The van der Waals surface area contributed by atoms with E-state index in [-0.39, 0.29) is 23.9 Å². The number of fused-ring (bicyclic) bond motifs is 2. The molecule has 1 aliphatic carbocycles. The summed E-state index contributed by atoms with van der Waals surface area (Å²) < 4.78 is 26.3. The zero-order chi connectivity index (χ0) is 26.3. The third-order valence-electron chi connectivity index (χ3n) is 6.81. The molecule has 0 spiro atoms. The summed E-state index contributed by atoms with van der Waals surface area (Å²) in [4.78, 5) is 37.3. The second-order valence-electron chi connectivity index (χ2n) is 9.85. The van der Waals surface area contributed by atoms with Crippen molar-refractivity contribution in [1.29, 1.82) is 0 Å². The molecule has 1 aromatic carbocycles. The molecule has 198 valence electrons. The molecule has 2 amide bonds. The fourth-order valence-electron chi connectivity index (χ4n) is 5.04. The SMILES string of the molecule is CN1CCc2nc(C(=O)NC3CC(NS(C)(=O)=O)CCC3NC(=O)c3cc4cc(Cl)ccc4[nH]3)sc2C1. The summed E-state index contributed by atoms with van der Waals surface area (Å²) in [6.07, 6.45) is 3.29. The van der Waals surface area contributed by atoms with Gasteiger partial charge in [0.1, 0.15) is 5.69 Å². The number of H-pyrrole nitrogens is 1. The number of amides is 2. The number of thiazole rings is 1. The number of benzene rings is 1. The van der Waals surface area contributed by atoms with Gasteiger partial charge in [0.25, 0.3) is 11.8 Å². The molecule has 1 aliphatic heterocycles. The number of carbonyl (C=O) groups excluding carboxylic acids is 2. The van der Waals surface area contributed by atoms with Crippen LogP contribution in [0, 0.1) is 0 Å². The van der Waals surface area contributed by atoms with Crippen molar-refractivity contribution in [2.45, 2.75) is 50.4 Å². The maximum atomic E-state index is 13.2. The number of nitrogens with zero attached hydrogens (tertiary/aromatic N) is 2. The lowest BCUT2D eigenvalue weighted by Crippen LogP contribution is -2.57. The van der Waals surface area contributed by atoms with E-state index in [1.165, 1.54) is 11.3 Å². The Labute approximate surface area is 224 Å². The van der Waals surface area contributed by atoms with Gasteiger partial charge < -0.3 is 20.5 Å². The summed E-state index contributed by atoms with van der Waals surface area (Å²) in [5, 5.41) is 7.85. The number of aromatic amines is 1. The van der Waals surface area contributed by atoms with Gasteiger partial charge in [-0.1, -0.05) is 11.6 Å².